The summed E-state index contributed by atoms with van der Waals surface area (Å²) in [6.45, 7) is 2.65. The lowest BCUT2D eigenvalue weighted by atomic mass is 9.75. The van der Waals surface area contributed by atoms with Gasteiger partial charge in [-0.25, -0.2) is 0 Å². The van der Waals surface area contributed by atoms with Crippen LogP contribution in [0.5, 0.6) is 0 Å². The van der Waals surface area contributed by atoms with Crippen LogP contribution in [0.2, 0.25) is 0 Å². The molecule has 0 spiro atoms. The Bertz CT molecular complexity index is 535. The Hall–Kier alpha value is -1.39. The van der Waals surface area contributed by atoms with Crippen molar-refractivity contribution < 1.29 is 4.79 Å². The van der Waals surface area contributed by atoms with Gasteiger partial charge in [0.05, 0.1) is 0 Å². The number of hydrogen-bond acceptors (Lipinski definition) is 3. The highest BCUT2D eigenvalue weighted by Gasteiger charge is 2.39. The molecule has 0 atom stereocenters. The van der Waals surface area contributed by atoms with Gasteiger partial charge in [-0.2, -0.15) is 0 Å². The number of carbonyl (C=O) groups is 1. The lowest BCUT2D eigenvalue weighted by Gasteiger charge is -2.47. The summed E-state index contributed by atoms with van der Waals surface area (Å²) in [4.78, 5) is 14.6. The van der Waals surface area contributed by atoms with Crippen molar-refractivity contribution in [3.63, 3.8) is 0 Å². The van der Waals surface area contributed by atoms with E-state index in [9.17, 15) is 4.79 Å². The first-order valence-corrected chi connectivity index (χ1v) is 7.89. The van der Waals surface area contributed by atoms with Crippen LogP contribution in [0.1, 0.15) is 40.7 Å². The Labute approximate surface area is 126 Å². The van der Waals surface area contributed by atoms with Crippen LogP contribution in [0, 0.1) is 0 Å². The molecule has 1 aromatic carbocycles. The van der Waals surface area contributed by atoms with Crippen LogP contribution >= 0.6 is 0 Å². The summed E-state index contributed by atoms with van der Waals surface area (Å²) in [6.07, 6.45) is 4.67. The topological polar surface area (TPSA) is 44.4 Å². The number of fused-ring (bicyclic) bond motifs is 1. The Balaban J connectivity index is 1.65. The average Bonchev–Trinajstić information content (AvgIpc) is 2.45. The minimum atomic E-state index is 0.0523. The van der Waals surface area contributed by atoms with Gasteiger partial charge in [0.25, 0.3) is 5.91 Å². The molecule has 1 aliphatic heterocycles. The summed E-state index contributed by atoms with van der Waals surface area (Å²) in [5.74, 6) is 0.0523. The van der Waals surface area contributed by atoms with Gasteiger partial charge < -0.3 is 15.5 Å². The number of amides is 1. The van der Waals surface area contributed by atoms with Crippen LogP contribution in [-0.2, 0) is 13.0 Å². The first-order chi connectivity index (χ1) is 10.1. The summed E-state index contributed by atoms with van der Waals surface area (Å²) >= 11 is 0. The van der Waals surface area contributed by atoms with E-state index in [0.29, 0.717) is 0 Å². The van der Waals surface area contributed by atoms with E-state index in [1.165, 1.54) is 30.4 Å². The molecular formula is C17H25N3O. The highest BCUT2D eigenvalue weighted by molar-refractivity contribution is 5.94. The van der Waals surface area contributed by atoms with Crippen molar-refractivity contribution in [3.05, 3.63) is 34.9 Å². The van der Waals surface area contributed by atoms with Crippen molar-refractivity contribution in [2.24, 2.45) is 0 Å². The first kappa shape index (κ1) is 14.5. The van der Waals surface area contributed by atoms with Gasteiger partial charge in [0.15, 0.2) is 0 Å². The number of rotatable bonds is 4. The molecule has 1 aromatic rings. The SMILES string of the molecule is CN(C)C1(CNC(=O)c2ccc3c(c2)CNCC3)CCC1. The van der Waals surface area contributed by atoms with Gasteiger partial charge in [-0.3, -0.25) is 4.79 Å². The molecule has 4 nitrogen and oxygen atoms in total. The zero-order valence-electron chi connectivity index (χ0n) is 13.0. The number of hydrogen-bond donors (Lipinski definition) is 2. The normalized spacial score (nSPS) is 19.8. The molecule has 2 aliphatic rings. The fourth-order valence-corrected chi connectivity index (χ4v) is 3.34. The van der Waals surface area contributed by atoms with Crippen LogP contribution in [0.25, 0.3) is 0 Å². The van der Waals surface area contributed by atoms with Crippen LogP contribution in [0.3, 0.4) is 0 Å². The average molecular weight is 287 g/mol. The number of carbonyl (C=O) groups excluding carboxylic acids is 1. The number of likely N-dealkylation sites (N-methyl/N-ethyl adjacent to an activating group) is 1. The van der Waals surface area contributed by atoms with Crippen LogP contribution in [-0.4, -0.2) is 43.5 Å². The molecule has 1 saturated carbocycles. The van der Waals surface area contributed by atoms with E-state index >= 15 is 0 Å². The maximum absolute atomic E-state index is 12.4. The van der Waals surface area contributed by atoms with Crippen LogP contribution in [0.15, 0.2) is 18.2 Å². The molecule has 1 aliphatic carbocycles. The Morgan fingerprint density at radius 3 is 2.81 bits per heavy atom. The van der Waals surface area contributed by atoms with E-state index in [1.54, 1.807) is 0 Å². The fourth-order valence-electron chi connectivity index (χ4n) is 3.34. The quantitative estimate of drug-likeness (QED) is 0.883. The standard InChI is InChI=1S/C17H25N3O/c1-20(2)17(7-3-8-17)12-19-16(21)14-5-4-13-6-9-18-11-15(13)10-14/h4-5,10,18H,3,6-9,11-12H2,1-2H3,(H,19,21). The van der Waals surface area contributed by atoms with E-state index < -0.39 is 0 Å². The minimum Gasteiger partial charge on any atom is -0.350 e. The van der Waals surface area contributed by atoms with Crippen molar-refractivity contribution >= 4 is 5.91 Å². The zero-order valence-corrected chi connectivity index (χ0v) is 13.0. The summed E-state index contributed by atoms with van der Waals surface area (Å²) in [6, 6.07) is 6.11. The molecule has 0 saturated heterocycles. The molecule has 0 unspecified atom stereocenters. The van der Waals surface area contributed by atoms with Gasteiger partial charge in [0, 0.05) is 24.2 Å². The molecule has 0 bridgehead atoms. The summed E-state index contributed by atoms with van der Waals surface area (Å²) in [5.41, 5.74) is 3.59. The van der Waals surface area contributed by atoms with Crippen molar-refractivity contribution in [3.8, 4) is 0 Å². The second kappa shape index (κ2) is 5.78. The van der Waals surface area contributed by atoms with Crippen molar-refractivity contribution in [2.45, 2.75) is 37.8 Å². The highest BCUT2D eigenvalue weighted by Crippen LogP contribution is 2.35. The van der Waals surface area contributed by atoms with E-state index in [-0.39, 0.29) is 11.4 Å². The molecule has 21 heavy (non-hydrogen) atoms. The molecule has 1 heterocycles. The maximum atomic E-state index is 12.4. The lowest BCUT2D eigenvalue weighted by molar-refractivity contribution is 0.0557. The Morgan fingerprint density at radius 2 is 2.14 bits per heavy atom. The monoisotopic (exact) mass is 287 g/mol. The smallest absolute Gasteiger partial charge is 0.251 e. The Kier molecular flexibility index (Phi) is 4.00. The highest BCUT2D eigenvalue weighted by atomic mass is 16.1. The summed E-state index contributed by atoms with van der Waals surface area (Å²) < 4.78 is 0. The number of nitrogens with one attached hydrogen (secondary N) is 2. The molecule has 0 aromatic heterocycles. The first-order valence-electron chi connectivity index (χ1n) is 7.89. The van der Waals surface area contributed by atoms with Crippen molar-refractivity contribution in [2.75, 3.05) is 27.2 Å². The third kappa shape index (κ3) is 2.83. The van der Waals surface area contributed by atoms with E-state index in [2.05, 4.69) is 35.7 Å². The molecule has 2 N–H and O–H groups in total. The van der Waals surface area contributed by atoms with Crippen LogP contribution in [0.4, 0.5) is 0 Å². The third-order valence-electron chi connectivity index (χ3n) is 5.17. The lowest BCUT2D eigenvalue weighted by Crippen LogP contribution is -2.57. The molecular weight excluding hydrogens is 262 g/mol. The molecule has 0 radical (unpaired) electrons. The summed E-state index contributed by atoms with van der Waals surface area (Å²) in [7, 11) is 4.21. The van der Waals surface area contributed by atoms with Gasteiger partial charge in [-0.15, -0.1) is 0 Å². The Morgan fingerprint density at radius 1 is 1.33 bits per heavy atom. The molecule has 114 valence electrons. The molecule has 1 fully saturated rings. The van der Waals surface area contributed by atoms with Gasteiger partial charge in [-0.1, -0.05) is 6.07 Å². The van der Waals surface area contributed by atoms with Gasteiger partial charge in [0.2, 0.25) is 0 Å². The van der Waals surface area contributed by atoms with Crippen molar-refractivity contribution in [1.82, 2.24) is 15.5 Å². The fraction of sp³-hybridized carbons (Fsp3) is 0.588. The van der Waals surface area contributed by atoms with E-state index in [1.807, 2.05) is 12.1 Å². The van der Waals surface area contributed by atoms with Gasteiger partial charge >= 0.3 is 0 Å². The zero-order chi connectivity index (χ0) is 14.9. The van der Waals surface area contributed by atoms with Crippen LogP contribution < -0.4 is 10.6 Å². The molecule has 1 amide bonds. The third-order valence-corrected chi connectivity index (χ3v) is 5.17. The largest absolute Gasteiger partial charge is 0.350 e. The second-order valence-electron chi connectivity index (χ2n) is 6.57. The van der Waals surface area contributed by atoms with Gasteiger partial charge in [-0.05, 0) is 69.6 Å². The second-order valence-corrected chi connectivity index (χ2v) is 6.57. The van der Waals surface area contributed by atoms with Gasteiger partial charge in [0.1, 0.15) is 0 Å². The van der Waals surface area contributed by atoms with E-state index in [4.69, 9.17) is 0 Å². The number of nitrogens with zero attached hydrogens (tertiary/aromatic N) is 1. The van der Waals surface area contributed by atoms with Crippen molar-refractivity contribution in [1.29, 1.82) is 0 Å². The minimum absolute atomic E-state index is 0.0523. The maximum Gasteiger partial charge on any atom is 0.251 e. The number of benzene rings is 1. The predicted molar refractivity (Wildman–Crippen MR) is 84.5 cm³/mol. The molecule has 3 rings (SSSR count). The predicted octanol–water partition coefficient (Wildman–Crippen LogP) is 1.55. The summed E-state index contributed by atoms with van der Waals surface area (Å²) in [5, 5.41) is 6.49. The molecule has 4 heteroatoms. The van der Waals surface area contributed by atoms with E-state index in [0.717, 1.165) is 31.6 Å².